The van der Waals surface area contributed by atoms with Gasteiger partial charge in [-0.3, -0.25) is 4.79 Å². The van der Waals surface area contributed by atoms with Crippen LogP contribution in [0, 0.1) is 6.92 Å². The van der Waals surface area contributed by atoms with Crippen LogP contribution < -0.4 is 14.2 Å². The second kappa shape index (κ2) is 18.6. The van der Waals surface area contributed by atoms with Crippen LogP contribution in [0.15, 0.2) is 60.2 Å². The molecule has 0 aliphatic carbocycles. The molecule has 1 aromatic heterocycles. The van der Waals surface area contributed by atoms with Crippen molar-refractivity contribution in [2.45, 2.75) is 111 Å². The number of hydrogen-bond donors (Lipinski definition) is 0. The summed E-state index contributed by atoms with van der Waals surface area (Å²) in [6.45, 7) is 8.34. The molecule has 0 radical (unpaired) electrons. The molecule has 0 unspecified atom stereocenters. The van der Waals surface area contributed by atoms with E-state index >= 15 is 0 Å². The van der Waals surface area contributed by atoms with Gasteiger partial charge in [-0.25, -0.2) is 0 Å². The molecule has 0 spiro atoms. The van der Waals surface area contributed by atoms with Crippen LogP contribution in [0.25, 0.3) is 0 Å². The number of rotatable bonds is 20. The van der Waals surface area contributed by atoms with Crippen molar-refractivity contribution >= 4 is 22.9 Å². The Morgan fingerprint density at radius 2 is 1.38 bits per heavy atom. The smallest absolute Gasteiger partial charge is 0.225 e. The Labute approximate surface area is 247 Å². The van der Waals surface area contributed by atoms with Crippen molar-refractivity contribution in [2.24, 2.45) is 0 Å². The van der Waals surface area contributed by atoms with Gasteiger partial charge in [0.25, 0.3) is 0 Å². The predicted octanol–water partition coefficient (Wildman–Crippen LogP) is 9.07. The van der Waals surface area contributed by atoms with Gasteiger partial charge in [-0.2, -0.15) is 4.57 Å². The maximum Gasteiger partial charge on any atom is 0.225 e. The molecule has 0 N–H and O–H groups in total. The summed E-state index contributed by atoms with van der Waals surface area (Å²) < 4.78 is 8.17. The highest BCUT2D eigenvalue weighted by Crippen LogP contribution is 2.19. The number of aryl methyl sites for hydroxylation is 1. The lowest BCUT2D eigenvalue weighted by Crippen LogP contribution is -2.31. The quantitative estimate of drug-likeness (QED) is 0.101. The van der Waals surface area contributed by atoms with Gasteiger partial charge in [-0.15, -0.1) is 0 Å². The summed E-state index contributed by atoms with van der Waals surface area (Å²) in [5.41, 5.74) is 5.53. The zero-order valence-electron chi connectivity index (χ0n) is 25.2. The summed E-state index contributed by atoms with van der Waals surface area (Å²) in [5, 5.41) is 0. The second-order valence-corrected chi connectivity index (χ2v) is 12.2. The normalized spacial score (nSPS) is 11.1. The molecule has 1 heterocycles. The van der Waals surface area contributed by atoms with Gasteiger partial charge in [0.1, 0.15) is 5.75 Å². The highest BCUT2D eigenvalue weighted by atomic mass is 32.1. The lowest BCUT2D eigenvalue weighted by Gasteiger charge is -2.21. The molecule has 0 aliphatic rings. The van der Waals surface area contributed by atoms with Crippen molar-refractivity contribution in [3.8, 4) is 5.75 Å². The molecular weight excluding hydrogens is 512 g/mol. The molecule has 4 nitrogen and oxygen atoms in total. The van der Waals surface area contributed by atoms with Crippen molar-refractivity contribution in [2.75, 3.05) is 18.1 Å². The SMILES string of the molecule is CCCCCCCCCCCCCCOc1ccc(CCN(C(C)=O)c2ccc(C[n+]3csc(C)c3)cc2)cc1. The lowest BCUT2D eigenvalue weighted by molar-refractivity contribution is -0.683. The number of hydrogen-bond acceptors (Lipinski definition) is 3. The summed E-state index contributed by atoms with van der Waals surface area (Å²) in [6.07, 6.45) is 19.2. The molecule has 5 heteroatoms. The van der Waals surface area contributed by atoms with E-state index in [1.165, 1.54) is 86.6 Å². The van der Waals surface area contributed by atoms with E-state index in [4.69, 9.17) is 4.74 Å². The van der Waals surface area contributed by atoms with E-state index in [-0.39, 0.29) is 5.91 Å². The van der Waals surface area contributed by atoms with Crippen LogP contribution in [0.3, 0.4) is 0 Å². The molecule has 3 aromatic rings. The van der Waals surface area contributed by atoms with Crippen molar-refractivity contribution in [1.29, 1.82) is 0 Å². The van der Waals surface area contributed by atoms with Gasteiger partial charge in [0.2, 0.25) is 11.4 Å². The number of benzene rings is 2. The van der Waals surface area contributed by atoms with Gasteiger partial charge in [0, 0.05) is 24.7 Å². The third-order valence-electron chi connectivity index (χ3n) is 7.53. The summed E-state index contributed by atoms with van der Waals surface area (Å²) in [6, 6.07) is 16.7. The molecule has 0 saturated carbocycles. The Hall–Kier alpha value is -2.66. The van der Waals surface area contributed by atoms with Crippen molar-refractivity contribution < 1.29 is 14.1 Å². The first-order chi connectivity index (χ1) is 19.5. The fourth-order valence-electron chi connectivity index (χ4n) is 5.11. The zero-order valence-corrected chi connectivity index (χ0v) is 26.0. The van der Waals surface area contributed by atoms with E-state index in [9.17, 15) is 4.79 Å². The van der Waals surface area contributed by atoms with E-state index in [1.807, 2.05) is 4.90 Å². The molecule has 0 aliphatic heterocycles. The van der Waals surface area contributed by atoms with Crippen LogP contribution in [-0.2, 0) is 17.8 Å². The monoisotopic (exact) mass is 563 g/mol. The first kappa shape index (κ1) is 31.9. The van der Waals surface area contributed by atoms with Crippen LogP contribution in [-0.4, -0.2) is 19.1 Å². The van der Waals surface area contributed by atoms with Crippen LogP contribution >= 0.6 is 11.3 Å². The fraction of sp³-hybridized carbons (Fsp3) is 0.543. The van der Waals surface area contributed by atoms with Crippen LogP contribution in [0.1, 0.15) is 107 Å². The van der Waals surface area contributed by atoms with E-state index in [0.29, 0.717) is 6.54 Å². The lowest BCUT2D eigenvalue weighted by atomic mass is 10.1. The molecule has 3 rings (SSSR count). The number of anilines is 1. The minimum Gasteiger partial charge on any atom is -0.494 e. The average molecular weight is 564 g/mol. The number of unbranched alkanes of at least 4 members (excludes halogenated alkanes) is 11. The molecule has 40 heavy (non-hydrogen) atoms. The second-order valence-electron chi connectivity index (χ2n) is 11.1. The van der Waals surface area contributed by atoms with Crippen molar-refractivity contribution in [1.82, 2.24) is 0 Å². The largest absolute Gasteiger partial charge is 0.494 e. The highest BCUT2D eigenvalue weighted by molar-refractivity contribution is 7.09. The van der Waals surface area contributed by atoms with E-state index < -0.39 is 0 Å². The Kier molecular flexibility index (Phi) is 14.9. The standard InChI is InChI=1S/C35H51N2O2S/c1-4-5-6-7-8-9-10-11-12-13-14-15-26-39-35-22-18-32(19-23-35)24-25-37(31(3)38)34-20-16-33(17-21-34)28-36-27-30(2)40-29-36/h16-23,27,29H,4-15,24-26,28H2,1-3H3/q+1. The molecular formula is C35H51N2O2S+. The predicted molar refractivity (Wildman–Crippen MR) is 170 cm³/mol. The first-order valence-corrected chi connectivity index (χ1v) is 16.5. The maximum atomic E-state index is 12.4. The molecule has 0 bridgehead atoms. The number of ether oxygens (including phenoxy) is 1. The summed E-state index contributed by atoms with van der Waals surface area (Å²) in [4.78, 5) is 15.6. The summed E-state index contributed by atoms with van der Waals surface area (Å²) in [5.74, 6) is 1.00. The summed E-state index contributed by atoms with van der Waals surface area (Å²) in [7, 11) is 0. The number of carbonyl (C=O) groups excluding carboxylic acids is 1. The molecule has 0 saturated heterocycles. The van der Waals surface area contributed by atoms with E-state index in [1.54, 1.807) is 18.3 Å². The van der Waals surface area contributed by atoms with E-state index in [0.717, 1.165) is 37.4 Å². The Morgan fingerprint density at radius 1 is 0.800 bits per heavy atom. The average Bonchev–Trinajstić information content (AvgIpc) is 3.37. The molecule has 1 amide bonds. The Morgan fingerprint density at radius 3 is 1.93 bits per heavy atom. The Bertz CT molecular complexity index is 1090. The van der Waals surface area contributed by atoms with E-state index in [2.05, 4.69) is 78.7 Å². The van der Waals surface area contributed by atoms with Gasteiger partial charge in [0.05, 0.1) is 11.5 Å². The van der Waals surface area contributed by atoms with Gasteiger partial charge >= 0.3 is 0 Å². The number of nitrogens with zero attached hydrogens (tertiary/aromatic N) is 2. The molecule has 218 valence electrons. The third kappa shape index (κ3) is 12.2. The molecule has 0 atom stereocenters. The minimum absolute atomic E-state index is 0.0675. The number of aromatic nitrogens is 1. The van der Waals surface area contributed by atoms with Gasteiger partial charge in [-0.1, -0.05) is 113 Å². The third-order valence-corrected chi connectivity index (χ3v) is 8.38. The van der Waals surface area contributed by atoms with Crippen molar-refractivity contribution in [3.63, 3.8) is 0 Å². The topological polar surface area (TPSA) is 33.4 Å². The van der Waals surface area contributed by atoms with Gasteiger partial charge in [0.15, 0.2) is 12.7 Å². The van der Waals surface area contributed by atoms with Crippen LogP contribution in [0.4, 0.5) is 5.69 Å². The van der Waals surface area contributed by atoms with Crippen LogP contribution in [0.5, 0.6) is 5.75 Å². The highest BCUT2D eigenvalue weighted by Gasteiger charge is 2.13. The van der Waals surface area contributed by atoms with Crippen LogP contribution in [0.2, 0.25) is 0 Å². The van der Waals surface area contributed by atoms with Gasteiger partial charge < -0.3 is 9.64 Å². The fourth-order valence-corrected chi connectivity index (χ4v) is 5.75. The number of amides is 1. The number of carbonyl (C=O) groups is 1. The van der Waals surface area contributed by atoms with Crippen molar-refractivity contribution in [3.05, 3.63) is 76.2 Å². The maximum absolute atomic E-state index is 12.4. The number of thiazole rings is 1. The Balaban J connectivity index is 1.30. The molecule has 0 fully saturated rings. The zero-order chi connectivity index (χ0) is 28.4. The molecule has 2 aromatic carbocycles. The summed E-state index contributed by atoms with van der Waals surface area (Å²) >= 11 is 1.75. The van der Waals surface area contributed by atoms with Gasteiger partial charge in [-0.05, 0) is 49.6 Å². The minimum atomic E-state index is 0.0675. The first-order valence-electron chi connectivity index (χ1n) is 15.6.